The molecule has 0 saturated heterocycles. The van der Waals surface area contributed by atoms with E-state index < -0.39 is 0 Å². The predicted octanol–water partition coefficient (Wildman–Crippen LogP) is 2.64. The second-order valence-corrected chi connectivity index (χ2v) is 3.30. The number of benzene rings is 2. The molecule has 0 heterocycles. The van der Waals surface area contributed by atoms with Crippen molar-refractivity contribution < 1.29 is 5.11 Å². The monoisotopic (exact) mass is 172 g/mol. The summed E-state index contributed by atoms with van der Waals surface area (Å²) in [6.07, 6.45) is 0. The highest BCUT2D eigenvalue weighted by atomic mass is 16.3. The van der Waals surface area contributed by atoms with Gasteiger partial charge in [-0.25, -0.2) is 0 Å². The Bertz CT molecular complexity index is 432. The summed E-state index contributed by atoms with van der Waals surface area (Å²) in [5.41, 5.74) is 2.25. The molecule has 0 aliphatic carbocycles. The van der Waals surface area contributed by atoms with E-state index in [0.717, 1.165) is 10.9 Å². The van der Waals surface area contributed by atoms with E-state index in [1.165, 1.54) is 10.9 Å². The Kier molecular flexibility index (Phi) is 2.03. The summed E-state index contributed by atoms with van der Waals surface area (Å²) in [6, 6.07) is 12.3. The third-order valence-corrected chi connectivity index (χ3v) is 2.30. The summed E-state index contributed by atoms with van der Waals surface area (Å²) in [5, 5.41) is 11.5. The maximum atomic E-state index is 9.10. The van der Waals surface area contributed by atoms with Gasteiger partial charge >= 0.3 is 0 Å². The van der Waals surface area contributed by atoms with E-state index in [4.69, 9.17) is 5.11 Å². The first-order chi connectivity index (χ1) is 6.31. The zero-order valence-electron chi connectivity index (χ0n) is 7.62. The molecular formula is C12H12O. The van der Waals surface area contributed by atoms with Gasteiger partial charge in [-0.2, -0.15) is 0 Å². The number of hydrogen-bond donors (Lipinski definition) is 1. The fourth-order valence-electron chi connectivity index (χ4n) is 1.61. The van der Waals surface area contributed by atoms with E-state index in [1.807, 2.05) is 12.1 Å². The third-order valence-electron chi connectivity index (χ3n) is 2.30. The first-order valence-electron chi connectivity index (χ1n) is 4.40. The van der Waals surface area contributed by atoms with Crippen molar-refractivity contribution >= 4 is 10.8 Å². The van der Waals surface area contributed by atoms with Crippen LogP contribution in [-0.2, 0) is 6.61 Å². The van der Waals surface area contributed by atoms with Crippen molar-refractivity contribution in [2.75, 3.05) is 0 Å². The fraction of sp³-hybridized carbons (Fsp3) is 0.167. The minimum atomic E-state index is 0.112. The van der Waals surface area contributed by atoms with Crippen molar-refractivity contribution in [3.8, 4) is 0 Å². The molecule has 1 nitrogen and oxygen atoms in total. The van der Waals surface area contributed by atoms with E-state index in [-0.39, 0.29) is 6.61 Å². The molecule has 0 radical (unpaired) electrons. The number of aliphatic hydroxyl groups is 1. The topological polar surface area (TPSA) is 20.2 Å². The molecule has 13 heavy (non-hydrogen) atoms. The Morgan fingerprint density at radius 1 is 1.15 bits per heavy atom. The lowest BCUT2D eigenvalue weighted by Crippen LogP contribution is -1.85. The summed E-state index contributed by atoms with van der Waals surface area (Å²) in [6.45, 7) is 2.19. The van der Waals surface area contributed by atoms with Crippen LogP contribution in [0.25, 0.3) is 10.8 Å². The second kappa shape index (κ2) is 3.19. The van der Waals surface area contributed by atoms with Crippen LogP contribution in [0, 0.1) is 6.92 Å². The van der Waals surface area contributed by atoms with Crippen molar-refractivity contribution in [3.05, 3.63) is 47.5 Å². The van der Waals surface area contributed by atoms with E-state index >= 15 is 0 Å². The van der Waals surface area contributed by atoms with E-state index in [0.29, 0.717) is 0 Å². The summed E-state index contributed by atoms with van der Waals surface area (Å²) in [7, 11) is 0. The largest absolute Gasteiger partial charge is 0.392 e. The minimum Gasteiger partial charge on any atom is -0.392 e. The average molecular weight is 172 g/mol. The SMILES string of the molecule is Cc1ccc2c(CO)cccc2c1. The lowest BCUT2D eigenvalue weighted by atomic mass is 10.0. The van der Waals surface area contributed by atoms with Gasteiger partial charge in [0, 0.05) is 0 Å². The molecule has 0 aliphatic heterocycles. The normalized spacial score (nSPS) is 10.6. The molecule has 0 amide bonds. The van der Waals surface area contributed by atoms with E-state index in [9.17, 15) is 0 Å². The Balaban J connectivity index is 2.77. The predicted molar refractivity (Wildman–Crippen MR) is 54.6 cm³/mol. The Morgan fingerprint density at radius 3 is 2.77 bits per heavy atom. The molecule has 1 heteroatoms. The molecule has 0 bridgehead atoms. The van der Waals surface area contributed by atoms with Crippen LogP contribution in [0.3, 0.4) is 0 Å². The third kappa shape index (κ3) is 1.43. The number of aryl methyl sites for hydroxylation is 1. The van der Waals surface area contributed by atoms with Gasteiger partial charge in [-0.1, -0.05) is 42.0 Å². The molecule has 0 spiro atoms. The Morgan fingerprint density at radius 2 is 2.00 bits per heavy atom. The lowest BCUT2D eigenvalue weighted by Gasteiger charge is -2.03. The zero-order valence-corrected chi connectivity index (χ0v) is 7.62. The average Bonchev–Trinajstić information content (AvgIpc) is 2.16. The molecule has 0 unspecified atom stereocenters. The van der Waals surface area contributed by atoms with Crippen molar-refractivity contribution in [1.82, 2.24) is 0 Å². The van der Waals surface area contributed by atoms with Gasteiger partial charge in [0.1, 0.15) is 0 Å². The van der Waals surface area contributed by atoms with E-state index in [2.05, 4.69) is 31.2 Å². The Hall–Kier alpha value is -1.34. The molecule has 1 N–H and O–H groups in total. The van der Waals surface area contributed by atoms with Crippen LogP contribution >= 0.6 is 0 Å². The van der Waals surface area contributed by atoms with Gasteiger partial charge in [0.2, 0.25) is 0 Å². The fourth-order valence-corrected chi connectivity index (χ4v) is 1.61. The first kappa shape index (κ1) is 8.27. The summed E-state index contributed by atoms with van der Waals surface area (Å²) in [5.74, 6) is 0. The van der Waals surface area contributed by atoms with Gasteiger partial charge in [0.25, 0.3) is 0 Å². The molecule has 0 fully saturated rings. The number of aliphatic hydroxyl groups excluding tert-OH is 1. The molecule has 2 rings (SSSR count). The number of fused-ring (bicyclic) bond motifs is 1. The van der Waals surface area contributed by atoms with Crippen LogP contribution in [-0.4, -0.2) is 5.11 Å². The molecule has 2 aromatic rings. The molecule has 0 atom stereocenters. The minimum absolute atomic E-state index is 0.112. The highest BCUT2D eigenvalue weighted by Gasteiger charge is 1.98. The highest BCUT2D eigenvalue weighted by molar-refractivity contribution is 5.86. The molecule has 0 aliphatic rings. The standard InChI is InChI=1S/C12H12O/c1-9-5-6-12-10(7-9)3-2-4-11(12)8-13/h2-7,13H,8H2,1H3. The smallest absolute Gasteiger partial charge is 0.0687 e. The van der Waals surface area contributed by atoms with Gasteiger partial charge < -0.3 is 5.11 Å². The van der Waals surface area contributed by atoms with Crippen LogP contribution in [0.15, 0.2) is 36.4 Å². The van der Waals surface area contributed by atoms with Crippen molar-refractivity contribution in [2.24, 2.45) is 0 Å². The van der Waals surface area contributed by atoms with Gasteiger partial charge in [0.15, 0.2) is 0 Å². The molecular weight excluding hydrogens is 160 g/mol. The van der Waals surface area contributed by atoms with Gasteiger partial charge in [-0.15, -0.1) is 0 Å². The summed E-state index contributed by atoms with van der Waals surface area (Å²) < 4.78 is 0. The van der Waals surface area contributed by atoms with Crippen LogP contribution in [0.4, 0.5) is 0 Å². The van der Waals surface area contributed by atoms with Crippen molar-refractivity contribution in [2.45, 2.75) is 13.5 Å². The maximum Gasteiger partial charge on any atom is 0.0687 e. The molecule has 0 saturated carbocycles. The zero-order chi connectivity index (χ0) is 9.26. The molecule has 66 valence electrons. The van der Waals surface area contributed by atoms with Crippen molar-refractivity contribution in [1.29, 1.82) is 0 Å². The van der Waals surface area contributed by atoms with Gasteiger partial charge in [-0.3, -0.25) is 0 Å². The highest BCUT2D eigenvalue weighted by Crippen LogP contribution is 2.19. The van der Waals surface area contributed by atoms with E-state index in [1.54, 1.807) is 0 Å². The molecule has 0 aromatic heterocycles. The summed E-state index contributed by atoms with van der Waals surface area (Å²) >= 11 is 0. The quantitative estimate of drug-likeness (QED) is 0.701. The first-order valence-corrected chi connectivity index (χ1v) is 4.40. The van der Waals surface area contributed by atoms with Crippen molar-refractivity contribution in [3.63, 3.8) is 0 Å². The Labute approximate surface area is 77.6 Å². The molecule has 2 aromatic carbocycles. The number of hydrogen-bond acceptors (Lipinski definition) is 1. The van der Waals surface area contributed by atoms with Gasteiger partial charge in [0.05, 0.1) is 6.61 Å². The maximum absolute atomic E-state index is 9.10. The van der Waals surface area contributed by atoms with Crippen LogP contribution in [0.1, 0.15) is 11.1 Å². The summed E-state index contributed by atoms with van der Waals surface area (Å²) in [4.78, 5) is 0. The number of rotatable bonds is 1. The lowest BCUT2D eigenvalue weighted by molar-refractivity contribution is 0.283. The van der Waals surface area contributed by atoms with Crippen LogP contribution < -0.4 is 0 Å². The van der Waals surface area contributed by atoms with Crippen LogP contribution in [0.5, 0.6) is 0 Å². The van der Waals surface area contributed by atoms with Gasteiger partial charge in [-0.05, 0) is 23.3 Å². The second-order valence-electron chi connectivity index (χ2n) is 3.30. The van der Waals surface area contributed by atoms with Crippen LogP contribution in [0.2, 0.25) is 0 Å².